The van der Waals surface area contributed by atoms with Gasteiger partial charge in [0.1, 0.15) is 0 Å². The maximum atomic E-state index is 6.39. The third kappa shape index (κ3) is 0.134. The van der Waals surface area contributed by atoms with Crippen molar-refractivity contribution in [1.82, 2.24) is 0 Å². The summed E-state index contributed by atoms with van der Waals surface area (Å²) in [6.45, 7) is 0. The minimum Gasteiger partial charge on any atom is -0.118 e. The van der Waals surface area contributed by atoms with Crippen molar-refractivity contribution in [1.29, 1.82) is 0 Å². The summed E-state index contributed by atoms with van der Waals surface area (Å²) in [5.74, 6) is 5.29. The van der Waals surface area contributed by atoms with E-state index in [1.54, 1.807) is 0 Å². The molecule has 0 nitrogen and oxygen atoms in total. The van der Waals surface area contributed by atoms with Gasteiger partial charge < -0.3 is 0 Å². The van der Waals surface area contributed by atoms with Gasteiger partial charge in [0.15, 0.2) is 0 Å². The Kier molecular flexibility index (Phi) is 0.344. The zero-order valence-corrected chi connectivity index (χ0v) is 6.73. The van der Waals surface area contributed by atoms with Gasteiger partial charge in [-0.05, 0) is 35.5 Å². The van der Waals surface area contributed by atoms with Crippen LogP contribution in [-0.4, -0.2) is 9.75 Å². The van der Waals surface area contributed by atoms with Gasteiger partial charge in [-0.15, -0.1) is 23.2 Å². The van der Waals surface area contributed by atoms with Gasteiger partial charge in [0, 0.05) is 0 Å². The highest BCUT2D eigenvalue weighted by Crippen LogP contribution is 3.06. The summed E-state index contributed by atoms with van der Waals surface area (Å²) in [5, 5.41) is 0. The van der Waals surface area contributed by atoms with E-state index >= 15 is 0 Å². The highest BCUT2D eigenvalue weighted by Gasteiger charge is 3.09. The molecule has 0 aromatic heterocycles. The number of halogens is 2. The van der Waals surface area contributed by atoms with E-state index in [0.29, 0.717) is 9.75 Å². The van der Waals surface area contributed by atoms with Crippen LogP contribution in [-0.2, 0) is 0 Å². The second-order valence-electron chi connectivity index (χ2n) is 4.81. The van der Waals surface area contributed by atoms with E-state index in [1.807, 2.05) is 0 Å². The molecule has 0 aliphatic heterocycles. The van der Waals surface area contributed by atoms with Crippen molar-refractivity contribution >= 4 is 23.2 Å². The topological polar surface area (TPSA) is 0 Å². The SMILES string of the molecule is ClC12C3C4C1C1C2C3C41Cl. The quantitative estimate of drug-likeness (QED) is 0.489. The van der Waals surface area contributed by atoms with Crippen LogP contribution in [0.4, 0.5) is 0 Å². The monoisotopic (exact) mass is 172 g/mol. The van der Waals surface area contributed by atoms with Crippen molar-refractivity contribution in [3.63, 3.8) is 0 Å². The van der Waals surface area contributed by atoms with Crippen LogP contribution in [0.5, 0.6) is 0 Å². The smallest absolute Gasteiger partial charge is 0.0551 e. The summed E-state index contributed by atoms with van der Waals surface area (Å²) >= 11 is 12.8. The molecular formula is C8H6Cl2. The minimum atomic E-state index is 0.330. The molecule has 0 N–H and O–H groups in total. The van der Waals surface area contributed by atoms with E-state index in [1.165, 1.54) is 0 Å². The van der Waals surface area contributed by atoms with Crippen LogP contribution >= 0.6 is 23.2 Å². The summed E-state index contributed by atoms with van der Waals surface area (Å²) in [6, 6.07) is 0. The Bertz CT molecular complexity index is 212. The van der Waals surface area contributed by atoms with E-state index in [0.717, 1.165) is 35.5 Å². The summed E-state index contributed by atoms with van der Waals surface area (Å²) in [7, 11) is 0. The molecule has 0 spiro atoms. The Morgan fingerprint density at radius 1 is 0.600 bits per heavy atom. The van der Waals surface area contributed by atoms with Gasteiger partial charge in [0.05, 0.1) is 9.75 Å². The molecule has 2 heteroatoms. The van der Waals surface area contributed by atoms with Crippen molar-refractivity contribution in [2.45, 2.75) is 9.75 Å². The summed E-state index contributed by atoms with van der Waals surface area (Å²) in [6.07, 6.45) is 0. The fourth-order valence-corrected chi connectivity index (χ4v) is 6.89. The van der Waals surface area contributed by atoms with Gasteiger partial charge in [-0.25, -0.2) is 0 Å². The average molecular weight is 173 g/mol. The minimum absolute atomic E-state index is 0.330. The number of hydrogen-bond donors (Lipinski definition) is 0. The summed E-state index contributed by atoms with van der Waals surface area (Å²) < 4.78 is 0. The number of hydrogen-bond acceptors (Lipinski definition) is 0. The van der Waals surface area contributed by atoms with E-state index in [-0.39, 0.29) is 0 Å². The third-order valence-corrected chi connectivity index (χ3v) is 6.90. The van der Waals surface area contributed by atoms with Crippen molar-refractivity contribution in [2.75, 3.05) is 0 Å². The van der Waals surface area contributed by atoms with Crippen LogP contribution in [0.25, 0.3) is 0 Å². The van der Waals surface area contributed by atoms with Crippen LogP contribution in [0.15, 0.2) is 0 Å². The zero-order chi connectivity index (χ0) is 6.46. The normalized spacial score (nSPS) is 104. The first-order valence-corrected chi connectivity index (χ1v) is 4.87. The lowest BCUT2D eigenvalue weighted by Crippen LogP contribution is -3.13. The molecule has 0 aromatic carbocycles. The van der Waals surface area contributed by atoms with Crippen molar-refractivity contribution in [3.8, 4) is 0 Å². The van der Waals surface area contributed by atoms with Crippen LogP contribution in [0, 0.1) is 35.5 Å². The highest BCUT2D eigenvalue weighted by atomic mass is 35.5. The Morgan fingerprint density at radius 2 is 0.800 bits per heavy atom. The molecule has 10 heavy (non-hydrogen) atoms. The molecule has 6 fully saturated rings. The molecule has 0 amide bonds. The molecule has 6 rings (SSSR count). The first-order chi connectivity index (χ1) is 4.73. The molecule has 6 saturated carbocycles. The van der Waals surface area contributed by atoms with Crippen LogP contribution in [0.1, 0.15) is 0 Å². The van der Waals surface area contributed by atoms with E-state index in [4.69, 9.17) is 23.2 Å². The lowest BCUT2D eigenvalue weighted by atomic mass is 9.00. The molecular weight excluding hydrogens is 167 g/mol. The fraction of sp³-hybridized carbons (Fsp3) is 1.00. The maximum Gasteiger partial charge on any atom is 0.0551 e. The van der Waals surface area contributed by atoms with E-state index < -0.39 is 0 Å². The van der Waals surface area contributed by atoms with Gasteiger partial charge in [0.25, 0.3) is 0 Å². The Labute approximate surface area is 68.9 Å². The third-order valence-electron chi connectivity index (χ3n) is 5.39. The molecule has 0 atom stereocenters. The second-order valence-corrected chi connectivity index (χ2v) is 6.12. The molecule has 52 valence electrons. The molecule has 0 radical (unpaired) electrons. The van der Waals surface area contributed by atoms with E-state index in [9.17, 15) is 0 Å². The Balaban J connectivity index is 1.87. The largest absolute Gasteiger partial charge is 0.118 e. The second kappa shape index (κ2) is 0.754. The standard InChI is InChI=1S/C8H6Cl2/c9-7-1-2-4(7)6-5(7)3(1)8(2,6)10/h1-6H. The van der Waals surface area contributed by atoms with Crippen molar-refractivity contribution in [3.05, 3.63) is 0 Å². The molecule has 0 saturated heterocycles. The highest BCUT2D eigenvalue weighted by molar-refractivity contribution is 6.35. The number of alkyl halides is 2. The first kappa shape index (κ1) is 4.57. The molecule has 0 bridgehead atoms. The number of rotatable bonds is 0. The molecule has 0 aromatic rings. The van der Waals surface area contributed by atoms with Crippen LogP contribution < -0.4 is 0 Å². The van der Waals surface area contributed by atoms with E-state index in [2.05, 4.69) is 0 Å². The van der Waals surface area contributed by atoms with Gasteiger partial charge in [0.2, 0.25) is 0 Å². The van der Waals surface area contributed by atoms with Crippen molar-refractivity contribution in [2.24, 2.45) is 35.5 Å². The molecule has 0 heterocycles. The Hall–Kier alpha value is 0.580. The first-order valence-electron chi connectivity index (χ1n) is 4.11. The molecule has 6 aliphatic carbocycles. The molecule has 0 unspecified atom stereocenters. The van der Waals surface area contributed by atoms with Gasteiger partial charge in [-0.1, -0.05) is 0 Å². The lowest BCUT2D eigenvalue weighted by Gasteiger charge is -3.08. The summed E-state index contributed by atoms with van der Waals surface area (Å²) in [5.41, 5.74) is 0. The molecule has 6 aliphatic rings. The average Bonchev–Trinajstić information content (AvgIpc) is 1.99. The van der Waals surface area contributed by atoms with Crippen LogP contribution in [0.3, 0.4) is 0 Å². The van der Waals surface area contributed by atoms with Crippen molar-refractivity contribution < 1.29 is 0 Å². The summed E-state index contributed by atoms with van der Waals surface area (Å²) in [4.78, 5) is 0.660. The van der Waals surface area contributed by atoms with Gasteiger partial charge in [-0.2, -0.15) is 0 Å². The lowest BCUT2D eigenvalue weighted by molar-refractivity contribution is -0.531. The zero-order valence-electron chi connectivity index (χ0n) is 5.22. The van der Waals surface area contributed by atoms with Gasteiger partial charge >= 0.3 is 0 Å². The van der Waals surface area contributed by atoms with Gasteiger partial charge in [-0.3, -0.25) is 0 Å². The van der Waals surface area contributed by atoms with Crippen LogP contribution in [0.2, 0.25) is 0 Å². The fourth-order valence-electron chi connectivity index (χ4n) is 5.26. The predicted octanol–water partition coefficient (Wildman–Crippen LogP) is 1.71. The maximum absolute atomic E-state index is 6.39. The predicted molar refractivity (Wildman–Crippen MR) is 38.1 cm³/mol. The Morgan fingerprint density at radius 3 is 1.00 bits per heavy atom.